The van der Waals surface area contributed by atoms with Crippen molar-refractivity contribution in [3.63, 3.8) is 0 Å². The molecule has 0 aliphatic heterocycles. The van der Waals surface area contributed by atoms with Gasteiger partial charge in [0.05, 0.1) is 13.7 Å². The van der Waals surface area contributed by atoms with Crippen molar-refractivity contribution in [3.8, 4) is 11.5 Å². The predicted octanol–water partition coefficient (Wildman–Crippen LogP) is -0.213. The van der Waals surface area contributed by atoms with Crippen LogP contribution in [-0.2, 0) is 0 Å². The Morgan fingerprint density at radius 1 is 1.33 bits per heavy atom. The second-order valence-corrected chi connectivity index (χ2v) is 3.12. The number of phenolic OH excluding ortho intramolecular Hbond substituents is 1. The minimum Gasteiger partial charge on any atom is -0.507 e. The molecule has 0 aliphatic rings. The zero-order valence-corrected chi connectivity index (χ0v) is 8.29. The van der Waals surface area contributed by atoms with E-state index in [9.17, 15) is 15.3 Å². The van der Waals surface area contributed by atoms with Gasteiger partial charge in [0.15, 0.2) is 0 Å². The van der Waals surface area contributed by atoms with Crippen molar-refractivity contribution in [1.82, 2.24) is 0 Å². The van der Waals surface area contributed by atoms with Crippen LogP contribution in [0.1, 0.15) is 11.7 Å². The highest BCUT2D eigenvalue weighted by atomic mass is 16.5. The summed E-state index contributed by atoms with van der Waals surface area (Å²) in [6.07, 6.45) is -2.63. The van der Waals surface area contributed by atoms with E-state index < -0.39 is 18.8 Å². The fraction of sp³-hybridized carbons (Fsp3) is 0.400. The Hall–Kier alpha value is -1.30. The van der Waals surface area contributed by atoms with Gasteiger partial charge in [0, 0.05) is 11.6 Å². The Balaban J connectivity index is 2.95. The number of aliphatic hydroxyl groups excluding tert-OH is 3. The average molecular weight is 214 g/mol. The number of benzene rings is 1. The lowest BCUT2D eigenvalue weighted by atomic mass is 10.0. The first kappa shape index (κ1) is 11.8. The number of aromatic hydroxyl groups is 1. The van der Waals surface area contributed by atoms with Gasteiger partial charge >= 0.3 is 0 Å². The zero-order chi connectivity index (χ0) is 11.4. The number of methoxy groups -OCH3 is 1. The van der Waals surface area contributed by atoms with E-state index >= 15 is 0 Å². The lowest BCUT2D eigenvalue weighted by molar-refractivity contribution is -0.0162. The first-order valence-corrected chi connectivity index (χ1v) is 4.44. The third-order valence-corrected chi connectivity index (χ3v) is 2.11. The second kappa shape index (κ2) is 4.97. The van der Waals surface area contributed by atoms with E-state index in [4.69, 9.17) is 9.84 Å². The quantitative estimate of drug-likeness (QED) is 0.556. The van der Waals surface area contributed by atoms with Crippen LogP contribution in [0.2, 0.25) is 0 Å². The van der Waals surface area contributed by atoms with Crippen LogP contribution < -0.4 is 4.74 Å². The molecule has 2 unspecified atom stereocenters. The van der Waals surface area contributed by atoms with Crippen molar-refractivity contribution in [2.45, 2.75) is 12.2 Å². The average Bonchev–Trinajstić information content (AvgIpc) is 2.26. The topological polar surface area (TPSA) is 90.2 Å². The summed E-state index contributed by atoms with van der Waals surface area (Å²) in [5, 5.41) is 36.9. The highest BCUT2D eigenvalue weighted by molar-refractivity contribution is 5.41. The predicted molar refractivity (Wildman–Crippen MR) is 52.7 cm³/mol. The Morgan fingerprint density at radius 2 is 2.00 bits per heavy atom. The van der Waals surface area contributed by atoms with E-state index in [0.29, 0.717) is 5.75 Å². The molecule has 4 N–H and O–H groups in total. The minimum atomic E-state index is -1.32. The highest BCUT2D eigenvalue weighted by Gasteiger charge is 2.20. The molecule has 0 spiro atoms. The van der Waals surface area contributed by atoms with Gasteiger partial charge in [-0.1, -0.05) is 0 Å². The smallest absolute Gasteiger partial charge is 0.125 e. The molecule has 0 aromatic heterocycles. The van der Waals surface area contributed by atoms with Gasteiger partial charge in [-0.05, 0) is 12.1 Å². The van der Waals surface area contributed by atoms with Crippen LogP contribution in [0.25, 0.3) is 0 Å². The molecule has 5 heteroatoms. The standard InChI is InChI=1S/C10H14O5/c1-15-6-2-3-7(8(12)4-6)10(14)9(13)5-11/h2-4,9-14H,5H2,1H3. The molecule has 0 saturated heterocycles. The molecular weight excluding hydrogens is 200 g/mol. The zero-order valence-electron chi connectivity index (χ0n) is 8.29. The largest absolute Gasteiger partial charge is 0.507 e. The van der Waals surface area contributed by atoms with Crippen LogP contribution in [0, 0.1) is 0 Å². The maximum absolute atomic E-state index is 9.52. The second-order valence-electron chi connectivity index (χ2n) is 3.12. The van der Waals surface area contributed by atoms with E-state index in [-0.39, 0.29) is 11.3 Å². The normalized spacial score (nSPS) is 14.7. The van der Waals surface area contributed by atoms with Crippen LogP contribution >= 0.6 is 0 Å². The van der Waals surface area contributed by atoms with Crippen molar-refractivity contribution >= 4 is 0 Å². The van der Waals surface area contributed by atoms with Crippen molar-refractivity contribution < 1.29 is 25.2 Å². The molecule has 0 heterocycles. The third kappa shape index (κ3) is 2.59. The Morgan fingerprint density at radius 3 is 2.47 bits per heavy atom. The maximum atomic E-state index is 9.52. The van der Waals surface area contributed by atoms with Crippen molar-refractivity contribution in [2.24, 2.45) is 0 Å². The van der Waals surface area contributed by atoms with Gasteiger partial charge in [-0.15, -0.1) is 0 Å². The minimum absolute atomic E-state index is 0.150. The molecule has 0 saturated carbocycles. The van der Waals surface area contributed by atoms with Crippen LogP contribution in [0.15, 0.2) is 18.2 Å². The van der Waals surface area contributed by atoms with Crippen LogP contribution in [0.3, 0.4) is 0 Å². The fourth-order valence-electron chi connectivity index (χ4n) is 1.21. The molecule has 0 aliphatic carbocycles. The molecule has 0 amide bonds. The summed E-state index contributed by atoms with van der Waals surface area (Å²) < 4.78 is 4.86. The van der Waals surface area contributed by atoms with E-state index in [2.05, 4.69) is 0 Å². The third-order valence-electron chi connectivity index (χ3n) is 2.11. The Kier molecular flexibility index (Phi) is 3.90. The van der Waals surface area contributed by atoms with E-state index in [1.807, 2.05) is 0 Å². The van der Waals surface area contributed by atoms with Crippen LogP contribution in [0.4, 0.5) is 0 Å². The van der Waals surface area contributed by atoms with Crippen LogP contribution in [0.5, 0.6) is 11.5 Å². The van der Waals surface area contributed by atoms with Gasteiger partial charge in [0.1, 0.15) is 23.7 Å². The Labute approximate surface area is 87.2 Å². The molecular formula is C10H14O5. The maximum Gasteiger partial charge on any atom is 0.125 e. The summed E-state index contributed by atoms with van der Waals surface area (Å²) in [5.41, 5.74) is 0.150. The van der Waals surface area contributed by atoms with E-state index in [1.165, 1.54) is 19.2 Å². The lowest BCUT2D eigenvalue weighted by Gasteiger charge is -2.17. The molecule has 2 atom stereocenters. The van der Waals surface area contributed by atoms with Gasteiger partial charge in [-0.25, -0.2) is 0 Å². The molecule has 1 rings (SSSR count). The fourth-order valence-corrected chi connectivity index (χ4v) is 1.21. The number of ether oxygens (including phenoxy) is 1. The molecule has 15 heavy (non-hydrogen) atoms. The van der Waals surface area contributed by atoms with Crippen LogP contribution in [-0.4, -0.2) is 40.2 Å². The number of hydrogen-bond donors (Lipinski definition) is 4. The van der Waals surface area contributed by atoms with E-state index in [1.54, 1.807) is 6.07 Å². The van der Waals surface area contributed by atoms with Gasteiger partial charge in [-0.2, -0.15) is 0 Å². The van der Waals surface area contributed by atoms with Gasteiger partial charge in [0.25, 0.3) is 0 Å². The van der Waals surface area contributed by atoms with Gasteiger partial charge in [0.2, 0.25) is 0 Å². The summed E-state index contributed by atoms with van der Waals surface area (Å²) in [6, 6.07) is 4.29. The monoisotopic (exact) mass is 214 g/mol. The van der Waals surface area contributed by atoms with E-state index in [0.717, 1.165) is 0 Å². The first-order chi connectivity index (χ1) is 7.10. The van der Waals surface area contributed by atoms with Gasteiger partial charge < -0.3 is 25.2 Å². The van der Waals surface area contributed by atoms with Crippen molar-refractivity contribution in [1.29, 1.82) is 0 Å². The molecule has 84 valence electrons. The Bertz CT molecular complexity index is 326. The summed E-state index contributed by atoms with van der Waals surface area (Å²) in [6.45, 7) is -0.577. The highest BCUT2D eigenvalue weighted by Crippen LogP contribution is 2.29. The molecule has 1 aromatic rings. The molecule has 1 aromatic carbocycles. The summed E-state index contributed by atoms with van der Waals surface area (Å²) in [5.74, 6) is 0.260. The summed E-state index contributed by atoms with van der Waals surface area (Å²) in [7, 11) is 1.45. The molecule has 0 bridgehead atoms. The number of hydrogen-bond acceptors (Lipinski definition) is 5. The number of aliphatic hydroxyl groups is 3. The first-order valence-electron chi connectivity index (χ1n) is 4.44. The number of rotatable bonds is 4. The SMILES string of the molecule is COc1ccc(C(O)C(O)CO)c(O)c1. The van der Waals surface area contributed by atoms with Gasteiger partial charge in [-0.3, -0.25) is 0 Å². The summed E-state index contributed by atoms with van der Waals surface area (Å²) in [4.78, 5) is 0. The molecule has 0 fully saturated rings. The lowest BCUT2D eigenvalue weighted by Crippen LogP contribution is -2.22. The number of phenols is 1. The molecule has 0 radical (unpaired) electrons. The molecule has 5 nitrogen and oxygen atoms in total. The van der Waals surface area contributed by atoms with Crippen molar-refractivity contribution in [2.75, 3.05) is 13.7 Å². The summed E-state index contributed by atoms with van der Waals surface area (Å²) >= 11 is 0. The van der Waals surface area contributed by atoms with Crippen molar-refractivity contribution in [3.05, 3.63) is 23.8 Å².